The molecule has 1 aliphatic heterocycles. The summed E-state index contributed by atoms with van der Waals surface area (Å²) in [5.74, 6) is 0.0729. The number of hydrogen-bond donors (Lipinski definition) is 0. The van der Waals surface area contributed by atoms with Gasteiger partial charge in [0.05, 0.1) is 13.2 Å². The maximum absolute atomic E-state index is 5.38. The standard InChI is InChI=1S/C11H13O2/c1-9(11-12-7-8-13-11)10-5-3-2-4-6-10/h2-6,9,11H,1,7-8H2. The van der Waals surface area contributed by atoms with E-state index in [0.717, 1.165) is 5.56 Å². The second-order valence-corrected chi connectivity index (χ2v) is 3.13. The largest absolute Gasteiger partial charge is 0.350 e. The SMILES string of the molecule is [CH2]C(c1ccccc1)C1OCCO1. The van der Waals surface area contributed by atoms with Crippen LogP contribution in [-0.2, 0) is 9.47 Å². The van der Waals surface area contributed by atoms with Crippen LogP contribution in [0, 0.1) is 6.92 Å². The first-order valence-corrected chi connectivity index (χ1v) is 4.49. The highest BCUT2D eigenvalue weighted by Gasteiger charge is 2.24. The quantitative estimate of drug-likeness (QED) is 0.687. The van der Waals surface area contributed by atoms with Crippen LogP contribution >= 0.6 is 0 Å². The molecular formula is C11H13O2. The molecule has 1 fully saturated rings. The van der Waals surface area contributed by atoms with E-state index in [1.807, 2.05) is 30.3 Å². The molecule has 1 aromatic carbocycles. The molecule has 2 nitrogen and oxygen atoms in total. The molecule has 0 aromatic heterocycles. The minimum absolute atomic E-state index is 0.0729. The molecule has 0 saturated carbocycles. The summed E-state index contributed by atoms with van der Waals surface area (Å²) in [6, 6.07) is 10.1. The summed E-state index contributed by atoms with van der Waals surface area (Å²) in [7, 11) is 0. The molecule has 69 valence electrons. The zero-order valence-electron chi connectivity index (χ0n) is 7.48. The molecule has 0 spiro atoms. The van der Waals surface area contributed by atoms with Crippen LogP contribution in [0.1, 0.15) is 11.5 Å². The van der Waals surface area contributed by atoms with Gasteiger partial charge >= 0.3 is 0 Å². The molecule has 1 saturated heterocycles. The Labute approximate surface area is 78.5 Å². The van der Waals surface area contributed by atoms with E-state index in [2.05, 4.69) is 6.92 Å². The van der Waals surface area contributed by atoms with Gasteiger partial charge in [0.25, 0.3) is 0 Å². The lowest BCUT2D eigenvalue weighted by molar-refractivity contribution is -0.0515. The molecule has 0 amide bonds. The molecule has 1 radical (unpaired) electrons. The zero-order valence-corrected chi connectivity index (χ0v) is 7.48. The van der Waals surface area contributed by atoms with Gasteiger partial charge in [-0.2, -0.15) is 0 Å². The van der Waals surface area contributed by atoms with Crippen LogP contribution in [0.25, 0.3) is 0 Å². The monoisotopic (exact) mass is 177 g/mol. The number of benzene rings is 1. The fraction of sp³-hybridized carbons (Fsp3) is 0.364. The van der Waals surface area contributed by atoms with Gasteiger partial charge in [-0.1, -0.05) is 30.3 Å². The first-order chi connectivity index (χ1) is 6.38. The number of rotatable bonds is 2. The summed E-state index contributed by atoms with van der Waals surface area (Å²) in [4.78, 5) is 0. The predicted octanol–water partition coefficient (Wildman–Crippen LogP) is 1.98. The number of ether oxygens (including phenoxy) is 2. The Morgan fingerprint density at radius 1 is 1.15 bits per heavy atom. The predicted molar refractivity (Wildman–Crippen MR) is 50.2 cm³/mol. The van der Waals surface area contributed by atoms with Crippen molar-refractivity contribution in [3.8, 4) is 0 Å². The number of hydrogen-bond acceptors (Lipinski definition) is 2. The molecule has 0 N–H and O–H groups in total. The topological polar surface area (TPSA) is 18.5 Å². The van der Waals surface area contributed by atoms with Gasteiger partial charge in [0.2, 0.25) is 0 Å². The summed E-state index contributed by atoms with van der Waals surface area (Å²) in [6.45, 7) is 5.41. The van der Waals surface area contributed by atoms with Gasteiger partial charge in [-0.25, -0.2) is 0 Å². The highest BCUT2D eigenvalue weighted by Crippen LogP contribution is 2.23. The molecule has 0 bridgehead atoms. The van der Waals surface area contributed by atoms with E-state index in [0.29, 0.717) is 13.2 Å². The van der Waals surface area contributed by atoms with E-state index < -0.39 is 0 Å². The van der Waals surface area contributed by atoms with Crippen LogP contribution in [0.3, 0.4) is 0 Å². The summed E-state index contributed by atoms with van der Waals surface area (Å²) >= 11 is 0. The Morgan fingerprint density at radius 2 is 1.77 bits per heavy atom. The van der Waals surface area contributed by atoms with Gasteiger partial charge < -0.3 is 9.47 Å². The lowest BCUT2D eigenvalue weighted by atomic mass is 10.0. The average molecular weight is 177 g/mol. The first kappa shape index (κ1) is 8.73. The highest BCUT2D eigenvalue weighted by atomic mass is 16.7. The Hall–Kier alpha value is -0.860. The van der Waals surface area contributed by atoms with Crippen molar-refractivity contribution >= 4 is 0 Å². The molecule has 2 heteroatoms. The highest BCUT2D eigenvalue weighted by molar-refractivity contribution is 5.21. The minimum Gasteiger partial charge on any atom is -0.350 e. The van der Waals surface area contributed by atoms with E-state index in [1.165, 1.54) is 0 Å². The second kappa shape index (κ2) is 3.90. The maximum atomic E-state index is 5.38. The molecule has 1 heterocycles. The molecule has 2 rings (SSSR count). The lowest BCUT2D eigenvalue weighted by Gasteiger charge is -2.17. The summed E-state index contributed by atoms with van der Waals surface area (Å²) in [6.07, 6.45) is -0.164. The third-order valence-corrected chi connectivity index (χ3v) is 2.20. The summed E-state index contributed by atoms with van der Waals surface area (Å²) in [5, 5.41) is 0. The van der Waals surface area contributed by atoms with Crippen molar-refractivity contribution in [2.45, 2.75) is 12.2 Å². The van der Waals surface area contributed by atoms with Crippen LogP contribution in [0.4, 0.5) is 0 Å². The van der Waals surface area contributed by atoms with E-state index in [1.54, 1.807) is 0 Å². The van der Waals surface area contributed by atoms with Gasteiger partial charge in [-0.05, 0) is 12.5 Å². The van der Waals surface area contributed by atoms with Crippen molar-refractivity contribution in [2.24, 2.45) is 0 Å². The maximum Gasteiger partial charge on any atom is 0.164 e. The van der Waals surface area contributed by atoms with Crippen molar-refractivity contribution < 1.29 is 9.47 Å². The van der Waals surface area contributed by atoms with Crippen molar-refractivity contribution in [1.82, 2.24) is 0 Å². The van der Waals surface area contributed by atoms with Crippen LogP contribution < -0.4 is 0 Å². The van der Waals surface area contributed by atoms with Crippen molar-refractivity contribution in [3.63, 3.8) is 0 Å². The van der Waals surface area contributed by atoms with E-state index >= 15 is 0 Å². The van der Waals surface area contributed by atoms with Crippen molar-refractivity contribution in [2.75, 3.05) is 13.2 Å². The molecule has 1 atom stereocenters. The van der Waals surface area contributed by atoms with Crippen LogP contribution in [0.2, 0.25) is 0 Å². The van der Waals surface area contributed by atoms with E-state index in [9.17, 15) is 0 Å². The Kier molecular flexibility index (Phi) is 2.62. The minimum atomic E-state index is -0.164. The van der Waals surface area contributed by atoms with Gasteiger partial charge in [-0.15, -0.1) is 0 Å². The zero-order chi connectivity index (χ0) is 9.10. The van der Waals surface area contributed by atoms with Gasteiger partial charge in [0.15, 0.2) is 6.29 Å². The lowest BCUT2D eigenvalue weighted by Crippen LogP contribution is -2.16. The van der Waals surface area contributed by atoms with Gasteiger partial charge in [0, 0.05) is 5.92 Å². The average Bonchev–Trinajstić information content (AvgIpc) is 2.71. The summed E-state index contributed by atoms with van der Waals surface area (Å²) in [5.41, 5.74) is 1.16. The van der Waals surface area contributed by atoms with Crippen LogP contribution in [-0.4, -0.2) is 19.5 Å². The summed E-state index contributed by atoms with van der Waals surface area (Å²) < 4.78 is 10.8. The fourth-order valence-corrected chi connectivity index (χ4v) is 1.47. The third kappa shape index (κ3) is 1.90. The second-order valence-electron chi connectivity index (χ2n) is 3.13. The molecule has 1 aliphatic rings. The van der Waals surface area contributed by atoms with Crippen molar-refractivity contribution in [1.29, 1.82) is 0 Å². The van der Waals surface area contributed by atoms with E-state index in [-0.39, 0.29) is 12.2 Å². The Bertz CT molecular complexity index is 252. The van der Waals surface area contributed by atoms with Gasteiger partial charge in [-0.3, -0.25) is 0 Å². The van der Waals surface area contributed by atoms with Gasteiger partial charge in [0.1, 0.15) is 0 Å². The molecular weight excluding hydrogens is 164 g/mol. The fourth-order valence-electron chi connectivity index (χ4n) is 1.47. The van der Waals surface area contributed by atoms with Crippen molar-refractivity contribution in [3.05, 3.63) is 42.8 Å². The third-order valence-electron chi connectivity index (χ3n) is 2.20. The molecule has 1 aromatic rings. The Balaban J connectivity index is 2.08. The first-order valence-electron chi connectivity index (χ1n) is 4.49. The smallest absolute Gasteiger partial charge is 0.164 e. The Morgan fingerprint density at radius 3 is 2.38 bits per heavy atom. The normalized spacial score (nSPS) is 20.4. The van der Waals surface area contributed by atoms with Crippen LogP contribution in [0.5, 0.6) is 0 Å². The van der Waals surface area contributed by atoms with Crippen LogP contribution in [0.15, 0.2) is 30.3 Å². The molecule has 13 heavy (non-hydrogen) atoms. The van der Waals surface area contributed by atoms with E-state index in [4.69, 9.17) is 9.47 Å². The molecule has 0 aliphatic carbocycles. The molecule has 1 unspecified atom stereocenters.